The largest absolute Gasteiger partial charge is 0.395 e. The molecule has 0 aliphatic heterocycles. The Bertz CT molecular complexity index is 707. The highest BCUT2D eigenvalue weighted by atomic mass is 16.3. The van der Waals surface area contributed by atoms with Gasteiger partial charge in [-0.3, -0.25) is 4.98 Å². The lowest BCUT2D eigenvalue weighted by Crippen LogP contribution is -2.07. The van der Waals surface area contributed by atoms with Crippen LogP contribution in [-0.4, -0.2) is 33.4 Å². The fourth-order valence-corrected chi connectivity index (χ4v) is 2.10. The molecule has 5 heteroatoms. The maximum atomic E-state index is 8.76. The molecule has 3 rings (SSSR count). The van der Waals surface area contributed by atoms with Crippen LogP contribution in [0.2, 0.25) is 0 Å². The maximum absolute atomic E-state index is 8.76. The Kier molecular flexibility index (Phi) is 3.52. The summed E-state index contributed by atoms with van der Waals surface area (Å²) in [7, 11) is 0. The van der Waals surface area contributed by atoms with Crippen molar-refractivity contribution in [3.63, 3.8) is 0 Å². The van der Waals surface area contributed by atoms with E-state index in [4.69, 9.17) is 5.11 Å². The summed E-state index contributed by atoms with van der Waals surface area (Å²) < 4.78 is 0. The van der Waals surface area contributed by atoms with E-state index in [0.717, 1.165) is 22.0 Å². The fraction of sp³-hybridized carbons (Fsp3) is 0.133. The summed E-state index contributed by atoms with van der Waals surface area (Å²) >= 11 is 0. The second-order valence-electron chi connectivity index (χ2n) is 4.36. The first kappa shape index (κ1) is 12.5. The number of aliphatic hydroxyl groups excluding tert-OH is 1. The Balaban J connectivity index is 1.98. The summed E-state index contributed by atoms with van der Waals surface area (Å²) in [5, 5.41) is 22.3. The van der Waals surface area contributed by atoms with Crippen molar-refractivity contribution in [2.24, 2.45) is 0 Å². The van der Waals surface area contributed by atoms with Gasteiger partial charge in [0, 0.05) is 29.9 Å². The smallest absolute Gasteiger partial charge is 0.148 e. The second-order valence-corrected chi connectivity index (χ2v) is 4.36. The first-order valence-electron chi connectivity index (χ1n) is 6.40. The zero-order chi connectivity index (χ0) is 13.8. The Labute approximate surface area is 116 Å². The molecule has 2 N–H and O–H groups in total. The first-order valence-corrected chi connectivity index (χ1v) is 6.40. The topological polar surface area (TPSA) is 70.9 Å². The lowest BCUT2D eigenvalue weighted by atomic mass is 10.0. The molecule has 100 valence electrons. The van der Waals surface area contributed by atoms with Crippen molar-refractivity contribution in [1.82, 2.24) is 15.2 Å². The molecule has 3 aromatic rings. The van der Waals surface area contributed by atoms with Crippen LogP contribution in [0.3, 0.4) is 0 Å². The summed E-state index contributed by atoms with van der Waals surface area (Å²) in [5.74, 6) is 0.657. The minimum Gasteiger partial charge on any atom is -0.395 e. The molecular weight excluding hydrogens is 252 g/mol. The third-order valence-corrected chi connectivity index (χ3v) is 3.04. The molecule has 2 heterocycles. The lowest BCUT2D eigenvalue weighted by Gasteiger charge is -2.06. The normalized spacial score (nSPS) is 10.7. The van der Waals surface area contributed by atoms with Crippen molar-refractivity contribution >= 4 is 16.6 Å². The number of nitrogens with zero attached hydrogens (tertiary/aromatic N) is 3. The SMILES string of the molecule is OCCNc1ccc(-c2cccc3cnccc23)nn1. The lowest BCUT2D eigenvalue weighted by molar-refractivity contribution is 0.311. The van der Waals surface area contributed by atoms with Gasteiger partial charge in [-0.25, -0.2) is 0 Å². The van der Waals surface area contributed by atoms with E-state index < -0.39 is 0 Å². The molecule has 0 amide bonds. The molecule has 0 aliphatic rings. The van der Waals surface area contributed by atoms with Gasteiger partial charge in [-0.05, 0) is 23.6 Å². The highest BCUT2D eigenvalue weighted by Gasteiger charge is 2.05. The van der Waals surface area contributed by atoms with Gasteiger partial charge in [0.1, 0.15) is 5.82 Å². The van der Waals surface area contributed by atoms with Crippen LogP contribution in [0.5, 0.6) is 0 Å². The van der Waals surface area contributed by atoms with Crippen molar-refractivity contribution in [2.75, 3.05) is 18.5 Å². The average Bonchev–Trinajstić information content (AvgIpc) is 2.53. The molecule has 0 radical (unpaired) electrons. The number of anilines is 1. The van der Waals surface area contributed by atoms with Gasteiger partial charge in [0.15, 0.2) is 0 Å². The Morgan fingerprint density at radius 1 is 1.05 bits per heavy atom. The molecule has 20 heavy (non-hydrogen) atoms. The van der Waals surface area contributed by atoms with Crippen molar-refractivity contribution in [3.8, 4) is 11.3 Å². The molecule has 2 aromatic heterocycles. The number of hydrogen-bond acceptors (Lipinski definition) is 5. The van der Waals surface area contributed by atoms with Gasteiger partial charge in [-0.15, -0.1) is 10.2 Å². The van der Waals surface area contributed by atoms with E-state index in [-0.39, 0.29) is 6.61 Å². The molecule has 0 saturated heterocycles. The van der Waals surface area contributed by atoms with Crippen LogP contribution in [0, 0.1) is 0 Å². The van der Waals surface area contributed by atoms with E-state index in [1.54, 1.807) is 6.20 Å². The van der Waals surface area contributed by atoms with Crippen LogP contribution >= 0.6 is 0 Å². The number of pyridine rings is 1. The zero-order valence-corrected chi connectivity index (χ0v) is 10.8. The third-order valence-electron chi connectivity index (χ3n) is 3.04. The molecule has 0 aliphatic carbocycles. The number of aliphatic hydroxyl groups is 1. The quantitative estimate of drug-likeness (QED) is 0.756. The summed E-state index contributed by atoms with van der Waals surface area (Å²) in [4.78, 5) is 4.13. The maximum Gasteiger partial charge on any atom is 0.148 e. The van der Waals surface area contributed by atoms with E-state index in [1.807, 2.05) is 42.6 Å². The molecule has 5 nitrogen and oxygen atoms in total. The van der Waals surface area contributed by atoms with Crippen molar-refractivity contribution in [2.45, 2.75) is 0 Å². The minimum absolute atomic E-state index is 0.0692. The fourth-order valence-electron chi connectivity index (χ4n) is 2.10. The van der Waals surface area contributed by atoms with Crippen LogP contribution < -0.4 is 5.32 Å². The number of fused-ring (bicyclic) bond motifs is 1. The molecule has 0 spiro atoms. The Morgan fingerprint density at radius 3 is 2.80 bits per heavy atom. The molecule has 0 unspecified atom stereocenters. The molecule has 1 aromatic carbocycles. The van der Waals surface area contributed by atoms with Crippen LogP contribution in [-0.2, 0) is 0 Å². The van der Waals surface area contributed by atoms with Gasteiger partial charge in [0.2, 0.25) is 0 Å². The van der Waals surface area contributed by atoms with Gasteiger partial charge in [0.05, 0.1) is 12.3 Å². The molecule has 0 bridgehead atoms. The van der Waals surface area contributed by atoms with Crippen LogP contribution in [0.15, 0.2) is 48.8 Å². The van der Waals surface area contributed by atoms with Gasteiger partial charge in [-0.1, -0.05) is 18.2 Å². The Hall–Kier alpha value is -2.53. The second kappa shape index (κ2) is 5.63. The van der Waals surface area contributed by atoms with Crippen molar-refractivity contribution in [3.05, 3.63) is 48.8 Å². The number of aromatic nitrogens is 3. The van der Waals surface area contributed by atoms with E-state index in [2.05, 4.69) is 20.5 Å². The summed E-state index contributed by atoms with van der Waals surface area (Å²) in [5.41, 5.74) is 1.85. The molecule has 0 atom stereocenters. The van der Waals surface area contributed by atoms with Crippen LogP contribution in [0.1, 0.15) is 0 Å². The first-order chi connectivity index (χ1) is 9.88. The monoisotopic (exact) mass is 266 g/mol. The van der Waals surface area contributed by atoms with Gasteiger partial charge in [-0.2, -0.15) is 0 Å². The van der Waals surface area contributed by atoms with Crippen molar-refractivity contribution < 1.29 is 5.11 Å². The minimum atomic E-state index is 0.0692. The molecule has 0 fully saturated rings. The number of rotatable bonds is 4. The Morgan fingerprint density at radius 2 is 2.00 bits per heavy atom. The average molecular weight is 266 g/mol. The zero-order valence-electron chi connectivity index (χ0n) is 10.8. The highest BCUT2D eigenvalue weighted by molar-refractivity contribution is 5.95. The van der Waals surface area contributed by atoms with Crippen LogP contribution in [0.25, 0.3) is 22.0 Å². The number of hydrogen-bond donors (Lipinski definition) is 2. The predicted molar refractivity (Wildman–Crippen MR) is 78.3 cm³/mol. The highest BCUT2D eigenvalue weighted by Crippen LogP contribution is 2.26. The summed E-state index contributed by atoms with van der Waals surface area (Å²) in [6.07, 6.45) is 3.61. The summed E-state index contributed by atoms with van der Waals surface area (Å²) in [6.45, 7) is 0.535. The van der Waals surface area contributed by atoms with Gasteiger partial charge in [0.25, 0.3) is 0 Å². The van der Waals surface area contributed by atoms with E-state index in [0.29, 0.717) is 12.4 Å². The van der Waals surface area contributed by atoms with Crippen molar-refractivity contribution in [1.29, 1.82) is 0 Å². The van der Waals surface area contributed by atoms with Crippen LogP contribution in [0.4, 0.5) is 5.82 Å². The molecule has 0 saturated carbocycles. The van der Waals surface area contributed by atoms with Gasteiger partial charge >= 0.3 is 0 Å². The number of nitrogens with one attached hydrogen (secondary N) is 1. The third kappa shape index (κ3) is 2.44. The molecular formula is C15H14N4O. The van der Waals surface area contributed by atoms with E-state index >= 15 is 0 Å². The van der Waals surface area contributed by atoms with E-state index in [9.17, 15) is 0 Å². The number of benzene rings is 1. The van der Waals surface area contributed by atoms with E-state index in [1.165, 1.54) is 0 Å². The summed E-state index contributed by atoms with van der Waals surface area (Å²) in [6, 6.07) is 11.8. The standard InChI is InChI=1S/C15H14N4O/c20-9-8-17-15-5-4-14(18-19-15)13-3-1-2-11-10-16-7-6-12(11)13/h1-7,10,20H,8-9H2,(H,17,19). The van der Waals surface area contributed by atoms with Gasteiger partial charge < -0.3 is 10.4 Å². The predicted octanol–water partition coefficient (Wildman–Crippen LogP) is 2.10.